The van der Waals surface area contributed by atoms with E-state index in [9.17, 15) is 0 Å². The molecule has 0 saturated heterocycles. The van der Waals surface area contributed by atoms with Gasteiger partial charge in [0.1, 0.15) is 0 Å². The van der Waals surface area contributed by atoms with Crippen LogP contribution in [-0.2, 0) is 6.42 Å². The number of unbranched alkanes of at least 4 members (excludes halogenated alkanes) is 3. The van der Waals surface area contributed by atoms with Gasteiger partial charge in [0, 0.05) is 0 Å². The van der Waals surface area contributed by atoms with Crippen molar-refractivity contribution in [2.75, 3.05) is 0 Å². The van der Waals surface area contributed by atoms with E-state index in [0.717, 1.165) is 0 Å². The third-order valence-electron chi connectivity index (χ3n) is 4.82. The zero-order valence-electron chi connectivity index (χ0n) is 14.5. The second-order valence-corrected chi connectivity index (χ2v) is 20.9. The quantitative estimate of drug-likeness (QED) is 0.369. The molecule has 0 atom stereocenters. The summed E-state index contributed by atoms with van der Waals surface area (Å²) in [4.78, 5) is 4.56. The van der Waals surface area contributed by atoms with Crippen molar-refractivity contribution in [3.05, 3.63) is 30.1 Å². The van der Waals surface area contributed by atoms with Gasteiger partial charge >= 0.3 is 137 Å². The molecule has 0 aromatic carbocycles. The van der Waals surface area contributed by atoms with E-state index in [1.165, 1.54) is 55.1 Å². The monoisotopic (exact) mass is 397 g/mol. The average Bonchev–Trinajstić information content (AvgIpc) is 2.54. The van der Waals surface area contributed by atoms with Crippen molar-refractivity contribution in [2.45, 2.75) is 83.5 Å². The molecule has 0 spiro atoms. The second-order valence-electron chi connectivity index (χ2n) is 6.63. The van der Waals surface area contributed by atoms with Gasteiger partial charge in [-0.1, -0.05) is 0 Å². The van der Waals surface area contributed by atoms with Crippen molar-refractivity contribution in [1.82, 2.24) is 4.98 Å². The predicted octanol–water partition coefficient (Wildman–Crippen LogP) is 6.47. The molecule has 0 aliphatic carbocycles. The summed E-state index contributed by atoms with van der Waals surface area (Å²) in [6, 6.07) is 6.39. The van der Waals surface area contributed by atoms with Gasteiger partial charge in [-0.05, 0) is 0 Å². The fourth-order valence-electron chi connectivity index (χ4n) is 3.34. The van der Waals surface area contributed by atoms with Gasteiger partial charge in [-0.2, -0.15) is 0 Å². The van der Waals surface area contributed by atoms with Crippen LogP contribution in [0.4, 0.5) is 0 Å². The van der Waals surface area contributed by atoms with Crippen LogP contribution in [-0.4, -0.2) is 23.4 Å². The summed E-state index contributed by atoms with van der Waals surface area (Å²) in [6.45, 7) is 7.07. The number of pyridine rings is 1. The molecule has 1 aromatic heterocycles. The average molecular weight is 396 g/mol. The van der Waals surface area contributed by atoms with Gasteiger partial charge in [-0.15, -0.1) is 0 Å². The van der Waals surface area contributed by atoms with Crippen LogP contribution in [0.2, 0.25) is 17.7 Å². The van der Waals surface area contributed by atoms with Crippen LogP contribution in [0.5, 0.6) is 0 Å². The third kappa shape index (κ3) is 7.67. The van der Waals surface area contributed by atoms with E-state index in [-0.39, 0.29) is 0 Å². The predicted molar refractivity (Wildman–Crippen MR) is 97.6 cm³/mol. The van der Waals surface area contributed by atoms with Crippen LogP contribution in [0.25, 0.3) is 0 Å². The molecule has 0 radical (unpaired) electrons. The van der Waals surface area contributed by atoms with Gasteiger partial charge in [0.05, 0.1) is 0 Å². The topological polar surface area (TPSA) is 12.9 Å². The normalized spacial score (nSPS) is 11.8. The molecule has 21 heavy (non-hydrogen) atoms. The Bertz CT molecular complexity index is 328. The van der Waals surface area contributed by atoms with E-state index in [1.54, 1.807) is 13.3 Å². The van der Waals surface area contributed by atoms with Crippen LogP contribution in [0.15, 0.2) is 24.4 Å². The minimum absolute atomic E-state index is 1.24. The molecule has 1 nitrogen and oxygen atoms in total. The summed E-state index contributed by atoms with van der Waals surface area (Å²) in [5.74, 6) is 0. The Hall–Kier alpha value is -0.0513. The van der Waals surface area contributed by atoms with Gasteiger partial charge in [0.15, 0.2) is 0 Å². The van der Waals surface area contributed by atoms with Gasteiger partial charge in [-0.25, -0.2) is 0 Å². The Labute approximate surface area is 136 Å². The molecule has 0 fully saturated rings. The first-order valence-corrected chi connectivity index (χ1v) is 17.2. The van der Waals surface area contributed by atoms with Gasteiger partial charge < -0.3 is 0 Å². The van der Waals surface area contributed by atoms with Gasteiger partial charge in [-0.3, -0.25) is 0 Å². The summed E-state index contributed by atoms with van der Waals surface area (Å²) in [5, 5.41) is 0. The van der Waals surface area contributed by atoms with Crippen LogP contribution in [0.1, 0.15) is 65.0 Å². The SMILES string of the molecule is CCC[CH2][Sn]([CH2]CCC)([CH2]CCC)[CH2]Cc1ccccn1. The number of hydrogen-bond donors (Lipinski definition) is 0. The number of nitrogens with zero attached hydrogens (tertiary/aromatic N) is 1. The summed E-state index contributed by atoms with van der Waals surface area (Å²) < 4.78 is 6.40. The van der Waals surface area contributed by atoms with E-state index in [1.807, 2.05) is 12.3 Å². The Morgan fingerprint density at radius 3 is 1.81 bits per heavy atom. The Balaban J connectivity index is 2.69. The summed E-state index contributed by atoms with van der Waals surface area (Å²) in [5.41, 5.74) is 1.32. The summed E-state index contributed by atoms with van der Waals surface area (Å²) >= 11 is -1.93. The number of hydrogen-bond acceptors (Lipinski definition) is 1. The Morgan fingerprint density at radius 2 is 1.38 bits per heavy atom. The van der Waals surface area contributed by atoms with Crippen LogP contribution < -0.4 is 0 Å². The molecule has 0 bridgehead atoms. The Kier molecular flexibility index (Phi) is 10.4. The first kappa shape index (κ1) is 19.0. The molecule has 120 valence electrons. The van der Waals surface area contributed by atoms with Crippen molar-refractivity contribution in [3.8, 4) is 0 Å². The van der Waals surface area contributed by atoms with Crippen molar-refractivity contribution >= 4 is 18.4 Å². The van der Waals surface area contributed by atoms with E-state index in [0.29, 0.717) is 0 Å². The molecule has 1 aromatic rings. The molecule has 0 amide bonds. The van der Waals surface area contributed by atoms with Crippen molar-refractivity contribution < 1.29 is 0 Å². The zero-order chi connectivity index (χ0) is 15.4. The minimum atomic E-state index is -1.93. The third-order valence-corrected chi connectivity index (χ3v) is 20.7. The molecule has 2 heteroatoms. The van der Waals surface area contributed by atoms with Gasteiger partial charge in [0.25, 0.3) is 0 Å². The molecule has 0 unspecified atom stereocenters. The molecule has 0 aliphatic rings. The maximum absolute atomic E-state index is 4.56. The number of aromatic nitrogens is 1. The van der Waals surface area contributed by atoms with E-state index in [4.69, 9.17) is 0 Å². The fourth-order valence-corrected chi connectivity index (χ4v) is 19.3. The van der Waals surface area contributed by atoms with E-state index in [2.05, 4.69) is 37.9 Å². The second kappa shape index (κ2) is 11.5. The van der Waals surface area contributed by atoms with E-state index >= 15 is 0 Å². The molecule has 1 rings (SSSR count). The van der Waals surface area contributed by atoms with Crippen LogP contribution in [0.3, 0.4) is 0 Å². The molecule has 0 aliphatic heterocycles. The van der Waals surface area contributed by atoms with Crippen molar-refractivity contribution in [1.29, 1.82) is 0 Å². The maximum atomic E-state index is 4.56. The number of aryl methyl sites for hydroxylation is 1. The molecular formula is C19H35NSn. The zero-order valence-corrected chi connectivity index (χ0v) is 17.4. The molecular weight excluding hydrogens is 361 g/mol. The van der Waals surface area contributed by atoms with Crippen molar-refractivity contribution in [3.63, 3.8) is 0 Å². The summed E-state index contributed by atoms with van der Waals surface area (Å²) in [7, 11) is 0. The van der Waals surface area contributed by atoms with Gasteiger partial charge in [0.2, 0.25) is 0 Å². The number of rotatable bonds is 12. The fraction of sp³-hybridized carbons (Fsp3) is 0.737. The van der Waals surface area contributed by atoms with Crippen LogP contribution in [0, 0.1) is 0 Å². The van der Waals surface area contributed by atoms with Crippen LogP contribution >= 0.6 is 0 Å². The molecule has 0 saturated carbocycles. The molecule has 0 N–H and O–H groups in total. The van der Waals surface area contributed by atoms with Crippen molar-refractivity contribution in [2.24, 2.45) is 0 Å². The molecule has 1 heterocycles. The standard InChI is InChI=1S/C7H8N.3C4H9.Sn/c1-2-7-5-3-4-6-8-7;3*1-3-4-2;/h3-6H,1-2H2;3*1,3-4H2,2H3;. The Morgan fingerprint density at radius 1 is 0.810 bits per heavy atom. The first-order chi connectivity index (χ1) is 10.3. The summed E-state index contributed by atoms with van der Waals surface area (Å²) in [6.07, 6.45) is 11.8. The first-order valence-electron chi connectivity index (χ1n) is 9.16. The van der Waals surface area contributed by atoms with E-state index < -0.39 is 18.4 Å².